The number of rotatable bonds is 3. The van der Waals surface area contributed by atoms with Crippen molar-refractivity contribution in [3.8, 4) is 0 Å². The number of pyridine rings is 2. The second-order valence-electron chi connectivity index (χ2n) is 7.20. The molecule has 1 aliphatic heterocycles. The molecule has 7 heteroatoms. The van der Waals surface area contributed by atoms with E-state index in [9.17, 15) is 9.59 Å². The van der Waals surface area contributed by atoms with Crippen molar-refractivity contribution in [2.75, 3.05) is 13.1 Å². The molecule has 3 aromatic rings. The first-order chi connectivity index (χ1) is 13.1. The SMILES string of the molecule is Cc1cccnc1C(=O)N1CCC(Cn2c(=O)n(C)c3cccnc32)CC1. The van der Waals surface area contributed by atoms with Gasteiger partial charge in [-0.3, -0.25) is 18.9 Å². The number of carbonyl (C=O) groups is 1. The Labute approximate surface area is 157 Å². The molecule has 1 amide bonds. The Morgan fingerprint density at radius 2 is 1.85 bits per heavy atom. The summed E-state index contributed by atoms with van der Waals surface area (Å²) in [4.78, 5) is 35.8. The molecule has 4 rings (SSSR count). The van der Waals surface area contributed by atoms with E-state index in [1.165, 1.54) is 0 Å². The fourth-order valence-corrected chi connectivity index (χ4v) is 3.83. The van der Waals surface area contributed by atoms with Crippen LogP contribution in [0, 0.1) is 12.8 Å². The van der Waals surface area contributed by atoms with Gasteiger partial charge in [-0.15, -0.1) is 0 Å². The Balaban J connectivity index is 1.46. The van der Waals surface area contributed by atoms with Gasteiger partial charge in [0.1, 0.15) is 5.69 Å². The van der Waals surface area contributed by atoms with Crippen molar-refractivity contribution in [1.29, 1.82) is 0 Å². The number of imidazole rings is 1. The summed E-state index contributed by atoms with van der Waals surface area (Å²) in [5, 5.41) is 0. The highest BCUT2D eigenvalue weighted by Gasteiger charge is 2.26. The average molecular weight is 365 g/mol. The lowest BCUT2D eigenvalue weighted by atomic mass is 9.96. The highest BCUT2D eigenvalue weighted by Crippen LogP contribution is 2.22. The first-order valence-corrected chi connectivity index (χ1v) is 9.27. The molecule has 27 heavy (non-hydrogen) atoms. The summed E-state index contributed by atoms with van der Waals surface area (Å²) in [6, 6.07) is 7.51. The van der Waals surface area contributed by atoms with Gasteiger partial charge in [0.2, 0.25) is 0 Å². The number of aromatic nitrogens is 4. The number of aryl methyl sites for hydroxylation is 2. The van der Waals surface area contributed by atoms with Gasteiger partial charge in [0.15, 0.2) is 5.65 Å². The zero-order valence-corrected chi connectivity index (χ0v) is 15.6. The maximum atomic E-state index is 12.7. The van der Waals surface area contributed by atoms with E-state index in [1.54, 1.807) is 28.6 Å². The monoisotopic (exact) mass is 365 g/mol. The van der Waals surface area contributed by atoms with E-state index in [1.807, 2.05) is 36.1 Å². The third-order valence-electron chi connectivity index (χ3n) is 5.46. The van der Waals surface area contributed by atoms with Crippen LogP contribution in [0.25, 0.3) is 11.2 Å². The van der Waals surface area contributed by atoms with Gasteiger partial charge in [0, 0.05) is 39.1 Å². The molecule has 0 spiro atoms. The summed E-state index contributed by atoms with van der Waals surface area (Å²) >= 11 is 0. The molecule has 0 unspecified atom stereocenters. The average Bonchev–Trinajstić information content (AvgIpc) is 2.94. The summed E-state index contributed by atoms with van der Waals surface area (Å²) in [6.45, 7) is 3.92. The molecule has 0 atom stereocenters. The standard InChI is InChI=1S/C20H23N5O2/c1-14-5-3-9-21-17(14)19(26)24-11-7-15(8-12-24)13-25-18-16(6-4-10-22-18)23(2)20(25)27/h3-6,9-10,15H,7-8,11-13H2,1-2H3. The lowest BCUT2D eigenvalue weighted by Crippen LogP contribution is -2.40. The van der Waals surface area contributed by atoms with Crippen molar-refractivity contribution < 1.29 is 4.79 Å². The quantitative estimate of drug-likeness (QED) is 0.712. The zero-order valence-electron chi connectivity index (χ0n) is 15.6. The predicted molar refractivity (Wildman–Crippen MR) is 103 cm³/mol. The van der Waals surface area contributed by atoms with Gasteiger partial charge in [-0.2, -0.15) is 0 Å². The van der Waals surface area contributed by atoms with Gasteiger partial charge in [0.05, 0.1) is 5.52 Å². The second-order valence-corrected chi connectivity index (χ2v) is 7.20. The first-order valence-electron chi connectivity index (χ1n) is 9.27. The van der Waals surface area contributed by atoms with Gasteiger partial charge in [-0.05, 0) is 49.4 Å². The van der Waals surface area contributed by atoms with E-state index in [0.29, 0.717) is 31.2 Å². The number of amides is 1. The van der Waals surface area contributed by atoms with E-state index in [0.717, 1.165) is 29.6 Å². The maximum absolute atomic E-state index is 12.7. The Hall–Kier alpha value is -2.96. The number of nitrogens with zero attached hydrogens (tertiary/aromatic N) is 5. The van der Waals surface area contributed by atoms with Crippen LogP contribution in [0.4, 0.5) is 0 Å². The van der Waals surface area contributed by atoms with E-state index in [4.69, 9.17) is 0 Å². The molecule has 3 aromatic heterocycles. The molecule has 140 valence electrons. The van der Waals surface area contributed by atoms with Gasteiger partial charge >= 0.3 is 5.69 Å². The van der Waals surface area contributed by atoms with Crippen molar-refractivity contribution >= 4 is 17.1 Å². The molecule has 0 saturated carbocycles. The minimum Gasteiger partial charge on any atom is -0.337 e. The number of piperidine rings is 1. The highest BCUT2D eigenvalue weighted by atomic mass is 16.2. The van der Waals surface area contributed by atoms with Crippen LogP contribution < -0.4 is 5.69 Å². The smallest absolute Gasteiger partial charge is 0.330 e. The second kappa shape index (κ2) is 6.98. The van der Waals surface area contributed by atoms with Crippen LogP contribution in [-0.4, -0.2) is 43.0 Å². The minimum absolute atomic E-state index is 0.00413. The summed E-state index contributed by atoms with van der Waals surface area (Å²) in [5.74, 6) is 0.347. The highest BCUT2D eigenvalue weighted by molar-refractivity contribution is 5.93. The van der Waals surface area contributed by atoms with Gasteiger partial charge in [-0.1, -0.05) is 6.07 Å². The molecule has 0 N–H and O–H groups in total. The number of likely N-dealkylation sites (tertiary alicyclic amines) is 1. The Morgan fingerprint density at radius 3 is 2.59 bits per heavy atom. The number of carbonyl (C=O) groups excluding carboxylic acids is 1. The molecular formula is C20H23N5O2. The molecule has 0 bridgehead atoms. The van der Waals surface area contributed by atoms with Crippen LogP contribution in [0.15, 0.2) is 41.5 Å². The van der Waals surface area contributed by atoms with Crippen molar-refractivity contribution in [2.45, 2.75) is 26.3 Å². The third kappa shape index (κ3) is 3.13. The normalized spacial score (nSPS) is 15.4. The zero-order chi connectivity index (χ0) is 19.0. The van der Waals surface area contributed by atoms with Gasteiger partial charge < -0.3 is 4.90 Å². The van der Waals surface area contributed by atoms with Gasteiger partial charge in [-0.25, -0.2) is 9.78 Å². The summed E-state index contributed by atoms with van der Waals surface area (Å²) in [7, 11) is 1.78. The van der Waals surface area contributed by atoms with Crippen molar-refractivity contribution in [3.05, 3.63) is 58.4 Å². The van der Waals surface area contributed by atoms with Crippen LogP contribution in [-0.2, 0) is 13.6 Å². The topological polar surface area (TPSA) is 73.0 Å². The minimum atomic E-state index is -0.0358. The van der Waals surface area contributed by atoms with Crippen LogP contribution in [0.5, 0.6) is 0 Å². The van der Waals surface area contributed by atoms with Crippen LogP contribution in [0.1, 0.15) is 28.9 Å². The largest absolute Gasteiger partial charge is 0.337 e. The van der Waals surface area contributed by atoms with Crippen molar-refractivity contribution in [3.63, 3.8) is 0 Å². The molecule has 0 aliphatic carbocycles. The Kier molecular flexibility index (Phi) is 4.51. The fourth-order valence-electron chi connectivity index (χ4n) is 3.83. The molecule has 1 fully saturated rings. The third-order valence-corrected chi connectivity index (χ3v) is 5.46. The fraction of sp³-hybridized carbons (Fsp3) is 0.400. The molecule has 1 aliphatic rings. The van der Waals surface area contributed by atoms with E-state index in [-0.39, 0.29) is 11.6 Å². The molecule has 0 aromatic carbocycles. The molecule has 4 heterocycles. The lowest BCUT2D eigenvalue weighted by molar-refractivity contribution is 0.0676. The van der Waals surface area contributed by atoms with E-state index < -0.39 is 0 Å². The Bertz CT molecular complexity index is 1040. The van der Waals surface area contributed by atoms with Crippen LogP contribution >= 0.6 is 0 Å². The number of hydrogen-bond acceptors (Lipinski definition) is 4. The maximum Gasteiger partial charge on any atom is 0.330 e. The number of fused-ring (bicyclic) bond motifs is 1. The molecule has 1 saturated heterocycles. The van der Waals surface area contributed by atoms with Crippen LogP contribution in [0.3, 0.4) is 0 Å². The van der Waals surface area contributed by atoms with Crippen molar-refractivity contribution in [2.24, 2.45) is 13.0 Å². The predicted octanol–water partition coefficient (Wildman–Crippen LogP) is 1.99. The Morgan fingerprint density at radius 1 is 1.15 bits per heavy atom. The molecule has 0 radical (unpaired) electrons. The summed E-state index contributed by atoms with van der Waals surface area (Å²) in [5.41, 5.74) is 2.98. The lowest BCUT2D eigenvalue weighted by Gasteiger charge is -2.32. The summed E-state index contributed by atoms with van der Waals surface area (Å²) in [6.07, 6.45) is 5.11. The van der Waals surface area contributed by atoms with E-state index >= 15 is 0 Å². The molecule has 7 nitrogen and oxygen atoms in total. The van der Waals surface area contributed by atoms with Gasteiger partial charge in [0.25, 0.3) is 5.91 Å². The van der Waals surface area contributed by atoms with E-state index in [2.05, 4.69) is 9.97 Å². The molecular weight excluding hydrogens is 342 g/mol. The summed E-state index contributed by atoms with van der Waals surface area (Å²) < 4.78 is 3.41. The first kappa shape index (κ1) is 17.5. The number of hydrogen-bond donors (Lipinski definition) is 0. The van der Waals surface area contributed by atoms with Crippen LogP contribution in [0.2, 0.25) is 0 Å². The van der Waals surface area contributed by atoms with Crippen molar-refractivity contribution in [1.82, 2.24) is 24.0 Å².